The van der Waals surface area contributed by atoms with Crippen molar-refractivity contribution in [1.82, 2.24) is 24.7 Å². The summed E-state index contributed by atoms with van der Waals surface area (Å²) >= 11 is 5.93. The Morgan fingerprint density at radius 3 is 2.67 bits per heavy atom. The monoisotopic (exact) mass is 381 g/mol. The Labute approximate surface area is 159 Å². The highest BCUT2D eigenvalue weighted by Gasteiger charge is 2.17. The molecule has 0 aliphatic carbocycles. The van der Waals surface area contributed by atoms with Gasteiger partial charge in [-0.25, -0.2) is 9.67 Å². The molecule has 0 atom stereocenters. The number of H-pyrrole nitrogens is 2. The van der Waals surface area contributed by atoms with E-state index in [2.05, 4.69) is 20.1 Å². The number of nitrogens with zero attached hydrogens (tertiary/aromatic N) is 3. The van der Waals surface area contributed by atoms with Gasteiger partial charge in [-0.3, -0.25) is 19.7 Å². The molecule has 0 bridgehead atoms. The molecule has 2 N–H and O–H groups in total. The second-order valence-electron chi connectivity index (χ2n) is 6.27. The van der Waals surface area contributed by atoms with Crippen LogP contribution in [-0.4, -0.2) is 30.5 Å². The number of benzene rings is 1. The van der Waals surface area contributed by atoms with Crippen LogP contribution in [0, 0.1) is 6.92 Å². The van der Waals surface area contributed by atoms with Crippen LogP contribution in [0.25, 0.3) is 16.6 Å². The molecule has 3 heterocycles. The number of aromatic amines is 2. The molecule has 0 saturated carbocycles. The molecule has 0 saturated heterocycles. The van der Waals surface area contributed by atoms with Gasteiger partial charge >= 0.3 is 0 Å². The van der Waals surface area contributed by atoms with Crippen LogP contribution >= 0.6 is 11.6 Å². The van der Waals surface area contributed by atoms with Gasteiger partial charge in [-0.1, -0.05) is 11.6 Å². The SMILES string of the molecule is Cc1ncc2c(=O)n(-c3ccc(Cl)cc3)[nH]c2c1CC(=O)Cc1ncc[nH]1. The fourth-order valence-corrected chi connectivity index (χ4v) is 3.18. The molecule has 0 aliphatic rings. The highest BCUT2D eigenvalue weighted by atomic mass is 35.5. The van der Waals surface area contributed by atoms with Crippen molar-refractivity contribution in [2.24, 2.45) is 0 Å². The lowest BCUT2D eigenvalue weighted by molar-refractivity contribution is -0.117. The third kappa shape index (κ3) is 3.29. The van der Waals surface area contributed by atoms with E-state index in [1.165, 1.54) is 10.9 Å². The van der Waals surface area contributed by atoms with Crippen molar-refractivity contribution in [2.75, 3.05) is 0 Å². The topological polar surface area (TPSA) is 96.4 Å². The van der Waals surface area contributed by atoms with Crippen molar-refractivity contribution in [2.45, 2.75) is 19.8 Å². The summed E-state index contributed by atoms with van der Waals surface area (Å²) < 4.78 is 1.43. The predicted molar refractivity (Wildman–Crippen MR) is 102 cm³/mol. The first-order valence-electron chi connectivity index (χ1n) is 8.38. The number of Topliss-reactive ketones (excluding diaryl/α,β-unsaturated/α-hetero) is 1. The molecule has 8 heteroatoms. The summed E-state index contributed by atoms with van der Waals surface area (Å²) in [5.74, 6) is 0.604. The molecule has 4 rings (SSSR count). The van der Waals surface area contributed by atoms with Crippen LogP contribution in [-0.2, 0) is 17.6 Å². The van der Waals surface area contributed by atoms with E-state index >= 15 is 0 Å². The molecule has 0 radical (unpaired) electrons. The Morgan fingerprint density at radius 1 is 1.19 bits per heavy atom. The van der Waals surface area contributed by atoms with Crippen LogP contribution in [0.1, 0.15) is 17.1 Å². The lowest BCUT2D eigenvalue weighted by atomic mass is 10.0. The first kappa shape index (κ1) is 17.2. The minimum Gasteiger partial charge on any atom is -0.348 e. The van der Waals surface area contributed by atoms with Gasteiger partial charge in [-0.05, 0) is 31.2 Å². The number of hydrogen-bond donors (Lipinski definition) is 2. The second-order valence-corrected chi connectivity index (χ2v) is 6.70. The first-order chi connectivity index (χ1) is 13.0. The summed E-state index contributed by atoms with van der Waals surface area (Å²) in [7, 11) is 0. The number of pyridine rings is 1. The van der Waals surface area contributed by atoms with E-state index in [0.29, 0.717) is 38.7 Å². The Morgan fingerprint density at radius 2 is 1.96 bits per heavy atom. The Kier molecular flexibility index (Phi) is 4.37. The number of ketones is 1. The molecular formula is C19H16ClN5O2. The van der Waals surface area contributed by atoms with Gasteiger partial charge in [0.2, 0.25) is 0 Å². The highest BCUT2D eigenvalue weighted by Crippen LogP contribution is 2.20. The fraction of sp³-hybridized carbons (Fsp3) is 0.158. The van der Waals surface area contributed by atoms with E-state index in [4.69, 9.17) is 11.6 Å². The number of aryl methyl sites for hydroxylation is 1. The van der Waals surface area contributed by atoms with Crippen molar-refractivity contribution in [1.29, 1.82) is 0 Å². The van der Waals surface area contributed by atoms with E-state index in [1.54, 1.807) is 36.7 Å². The van der Waals surface area contributed by atoms with Crippen molar-refractivity contribution >= 4 is 28.3 Å². The largest absolute Gasteiger partial charge is 0.348 e. The molecule has 27 heavy (non-hydrogen) atoms. The van der Waals surface area contributed by atoms with E-state index < -0.39 is 0 Å². The number of aromatic nitrogens is 5. The van der Waals surface area contributed by atoms with Crippen LogP contribution in [0.3, 0.4) is 0 Å². The summed E-state index contributed by atoms with van der Waals surface area (Å²) in [5, 5.41) is 4.15. The van der Waals surface area contributed by atoms with E-state index in [0.717, 1.165) is 0 Å². The number of nitrogens with one attached hydrogen (secondary N) is 2. The van der Waals surface area contributed by atoms with Crippen molar-refractivity contribution in [3.05, 3.63) is 75.3 Å². The number of hydrogen-bond acceptors (Lipinski definition) is 4. The van der Waals surface area contributed by atoms with Crippen LogP contribution < -0.4 is 5.56 Å². The van der Waals surface area contributed by atoms with Gasteiger partial charge in [0, 0.05) is 41.3 Å². The van der Waals surface area contributed by atoms with Crippen molar-refractivity contribution < 1.29 is 4.79 Å². The van der Waals surface area contributed by atoms with Crippen LogP contribution in [0.5, 0.6) is 0 Å². The highest BCUT2D eigenvalue weighted by molar-refractivity contribution is 6.30. The summed E-state index contributed by atoms with van der Waals surface area (Å²) in [6.45, 7) is 1.83. The summed E-state index contributed by atoms with van der Waals surface area (Å²) in [6.07, 6.45) is 5.19. The minimum absolute atomic E-state index is 0.0116. The van der Waals surface area contributed by atoms with Crippen molar-refractivity contribution in [3.8, 4) is 5.69 Å². The average Bonchev–Trinajstić information content (AvgIpc) is 3.26. The number of rotatable bonds is 5. The maximum Gasteiger partial charge on any atom is 0.280 e. The second kappa shape index (κ2) is 6.85. The zero-order chi connectivity index (χ0) is 19.0. The molecule has 0 spiro atoms. The number of carbonyl (C=O) groups is 1. The lowest BCUT2D eigenvalue weighted by Crippen LogP contribution is -2.14. The number of imidazole rings is 1. The summed E-state index contributed by atoms with van der Waals surface area (Å²) in [5.41, 5.74) is 2.48. The van der Waals surface area contributed by atoms with E-state index in [-0.39, 0.29) is 24.2 Å². The van der Waals surface area contributed by atoms with Gasteiger partial charge in [0.1, 0.15) is 11.6 Å². The van der Waals surface area contributed by atoms with Gasteiger partial charge in [-0.15, -0.1) is 0 Å². The first-order valence-corrected chi connectivity index (χ1v) is 8.76. The van der Waals surface area contributed by atoms with Crippen LogP contribution in [0.4, 0.5) is 0 Å². The Bertz CT molecular complexity index is 1170. The molecule has 136 valence electrons. The fourth-order valence-electron chi connectivity index (χ4n) is 3.05. The Balaban J connectivity index is 1.75. The predicted octanol–water partition coefficient (Wildman–Crippen LogP) is 2.75. The molecule has 1 aromatic carbocycles. The van der Waals surface area contributed by atoms with Gasteiger partial charge in [-0.2, -0.15) is 0 Å². The van der Waals surface area contributed by atoms with Gasteiger partial charge in [0.25, 0.3) is 5.56 Å². The molecule has 0 fully saturated rings. The molecular weight excluding hydrogens is 366 g/mol. The number of halogens is 1. The third-order valence-corrected chi connectivity index (χ3v) is 4.68. The summed E-state index contributed by atoms with van der Waals surface area (Å²) in [6, 6.07) is 6.93. The maximum absolute atomic E-state index is 12.8. The van der Waals surface area contributed by atoms with Crippen LogP contribution in [0.2, 0.25) is 5.02 Å². The van der Waals surface area contributed by atoms with Crippen molar-refractivity contribution in [3.63, 3.8) is 0 Å². The van der Waals surface area contributed by atoms with E-state index in [1.807, 2.05) is 6.92 Å². The Hall–Kier alpha value is -3.19. The minimum atomic E-state index is -0.223. The van der Waals surface area contributed by atoms with E-state index in [9.17, 15) is 9.59 Å². The van der Waals surface area contributed by atoms with Gasteiger partial charge < -0.3 is 4.98 Å². The lowest BCUT2D eigenvalue weighted by Gasteiger charge is -2.05. The molecule has 0 aliphatic heterocycles. The van der Waals surface area contributed by atoms with Gasteiger partial charge in [0.05, 0.1) is 23.0 Å². The molecule has 3 aromatic heterocycles. The maximum atomic E-state index is 12.8. The van der Waals surface area contributed by atoms with Crippen LogP contribution in [0.15, 0.2) is 47.7 Å². The van der Waals surface area contributed by atoms with Gasteiger partial charge in [0.15, 0.2) is 0 Å². The summed E-state index contributed by atoms with van der Waals surface area (Å²) in [4.78, 5) is 36.6. The third-order valence-electron chi connectivity index (χ3n) is 4.43. The smallest absolute Gasteiger partial charge is 0.280 e. The molecule has 4 aromatic rings. The molecule has 7 nitrogen and oxygen atoms in total. The number of carbonyl (C=O) groups excluding carboxylic acids is 1. The zero-order valence-corrected chi connectivity index (χ0v) is 15.2. The quantitative estimate of drug-likeness (QED) is 0.555. The number of fused-ring (bicyclic) bond motifs is 1. The molecule has 0 unspecified atom stereocenters. The zero-order valence-electron chi connectivity index (χ0n) is 14.5. The average molecular weight is 382 g/mol. The molecule has 0 amide bonds. The standard InChI is InChI=1S/C19H16ClN5O2/c1-11-15(8-14(26)9-17-21-6-7-22-17)18-16(10-23-11)19(27)25(24-18)13-4-2-12(20)3-5-13/h2-7,10,24H,8-9H2,1H3,(H,21,22). The normalized spacial score (nSPS) is 11.2.